The molecule has 0 aliphatic heterocycles. The maximum Gasteiger partial charge on any atom is 0.348 e. The molecule has 0 unspecified atom stereocenters. The summed E-state index contributed by atoms with van der Waals surface area (Å²) in [5.41, 5.74) is 0.556. The van der Waals surface area contributed by atoms with Crippen LogP contribution < -0.4 is 0 Å². The quantitative estimate of drug-likeness (QED) is 0.518. The van der Waals surface area contributed by atoms with Crippen LogP contribution >= 0.6 is 11.3 Å². The van der Waals surface area contributed by atoms with Gasteiger partial charge in [-0.25, -0.2) is 4.79 Å². The highest BCUT2D eigenvalue weighted by Crippen LogP contribution is 2.20. The summed E-state index contributed by atoms with van der Waals surface area (Å²) in [5.74, 6) is -0.392. The number of hydrogen-bond donors (Lipinski definition) is 0. The number of thiophene rings is 1. The van der Waals surface area contributed by atoms with Crippen LogP contribution in [0.4, 0.5) is 0 Å². The minimum Gasteiger partial charge on any atom is -0.465 e. The van der Waals surface area contributed by atoms with E-state index >= 15 is 0 Å². The van der Waals surface area contributed by atoms with Gasteiger partial charge in [0.05, 0.1) is 7.11 Å². The molecule has 1 heterocycles. The van der Waals surface area contributed by atoms with Crippen LogP contribution in [-0.4, -0.2) is 19.4 Å². The Morgan fingerprint density at radius 1 is 1.67 bits per heavy atom. The van der Waals surface area contributed by atoms with E-state index in [1.807, 2.05) is 0 Å². The highest BCUT2D eigenvalue weighted by molar-refractivity contribution is 7.14. The average molecular weight is 184 g/mol. The van der Waals surface area contributed by atoms with E-state index in [0.29, 0.717) is 10.4 Å². The van der Waals surface area contributed by atoms with Crippen LogP contribution in [0.25, 0.3) is 0 Å². The zero-order valence-electron chi connectivity index (χ0n) is 6.79. The van der Waals surface area contributed by atoms with E-state index in [4.69, 9.17) is 0 Å². The molecule has 0 amide bonds. The first-order valence-electron chi connectivity index (χ1n) is 3.33. The number of aryl methyl sites for hydroxylation is 1. The van der Waals surface area contributed by atoms with E-state index in [9.17, 15) is 9.59 Å². The van der Waals surface area contributed by atoms with Crippen molar-refractivity contribution in [3.63, 3.8) is 0 Å². The van der Waals surface area contributed by atoms with Gasteiger partial charge in [0.15, 0.2) is 6.29 Å². The molecule has 0 bridgehead atoms. The number of carbonyl (C=O) groups excluding carboxylic acids is 2. The van der Waals surface area contributed by atoms with Crippen molar-refractivity contribution in [3.05, 3.63) is 21.4 Å². The third kappa shape index (κ3) is 1.53. The zero-order valence-corrected chi connectivity index (χ0v) is 7.60. The second-order valence-corrected chi connectivity index (χ2v) is 3.49. The van der Waals surface area contributed by atoms with Crippen LogP contribution in [0.3, 0.4) is 0 Å². The van der Waals surface area contributed by atoms with Crippen LogP contribution in [0.2, 0.25) is 0 Å². The first kappa shape index (κ1) is 8.93. The molecule has 4 heteroatoms. The van der Waals surface area contributed by atoms with Gasteiger partial charge in [-0.1, -0.05) is 0 Å². The molecular weight excluding hydrogens is 176 g/mol. The topological polar surface area (TPSA) is 43.4 Å². The van der Waals surface area contributed by atoms with Crippen LogP contribution in [0.1, 0.15) is 24.9 Å². The molecule has 1 aromatic rings. The molecule has 1 aromatic heterocycles. The Morgan fingerprint density at radius 3 is 2.75 bits per heavy atom. The number of hydrogen-bond acceptors (Lipinski definition) is 4. The van der Waals surface area contributed by atoms with E-state index in [1.54, 1.807) is 13.0 Å². The fraction of sp³-hybridized carbons (Fsp3) is 0.250. The van der Waals surface area contributed by atoms with E-state index in [1.165, 1.54) is 18.4 Å². The SMILES string of the molecule is COC(=O)c1cc(C=O)c(C)s1. The highest BCUT2D eigenvalue weighted by atomic mass is 32.1. The van der Waals surface area contributed by atoms with Gasteiger partial charge in [-0.2, -0.15) is 0 Å². The van der Waals surface area contributed by atoms with Gasteiger partial charge >= 0.3 is 5.97 Å². The average Bonchev–Trinajstić information content (AvgIpc) is 2.45. The van der Waals surface area contributed by atoms with Crippen molar-refractivity contribution in [3.8, 4) is 0 Å². The number of methoxy groups -OCH3 is 1. The lowest BCUT2D eigenvalue weighted by molar-refractivity contribution is 0.0606. The normalized spacial score (nSPS) is 9.50. The molecule has 0 N–H and O–H groups in total. The molecule has 12 heavy (non-hydrogen) atoms. The molecule has 0 atom stereocenters. The molecule has 0 aliphatic rings. The standard InChI is InChI=1S/C8H8O3S/c1-5-6(4-9)3-7(12-5)8(10)11-2/h3-4H,1-2H3. The number of ether oxygens (including phenoxy) is 1. The van der Waals surface area contributed by atoms with Crippen molar-refractivity contribution in [1.29, 1.82) is 0 Å². The molecule has 0 saturated carbocycles. The summed E-state index contributed by atoms with van der Waals surface area (Å²) in [5, 5.41) is 0. The molecule has 3 nitrogen and oxygen atoms in total. The van der Waals surface area contributed by atoms with E-state index < -0.39 is 5.97 Å². The molecule has 0 radical (unpaired) electrons. The largest absolute Gasteiger partial charge is 0.465 e. The summed E-state index contributed by atoms with van der Waals surface area (Å²) in [6, 6.07) is 1.54. The molecule has 0 fully saturated rings. The Hall–Kier alpha value is -1.16. The summed E-state index contributed by atoms with van der Waals surface area (Å²) in [6.45, 7) is 1.79. The highest BCUT2D eigenvalue weighted by Gasteiger charge is 2.11. The number of aldehydes is 1. The van der Waals surface area contributed by atoms with E-state index in [2.05, 4.69) is 4.74 Å². The summed E-state index contributed by atoms with van der Waals surface area (Å²) in [6.07, 6.45) is 0.734. The Morgan fingerprint density at radius 2 is 2.33 bits per heavy atom. The van der Waals surface area contributed by atoms with Gasteiger partial charge in [0.25, 0.3) is 0 Å². The Bertz CT molecular complexity index is 314. The van der Waals surface area contributed by atoms with Gasteiger partial charge in [-0.15, -0.1) is 11.3 Å². The molecule has 0 saturated heterocycles. The monoisotopic (exact) mass is 184 g/mol. The fourth-order valence-corrected chi connectivity index (χ4v) is 1.72. The third-order valence-corrected chi connectivity index (χ3v) is 2.52. The molecular formula is C8H8O3S. The zero-order chi connectivity index (χ0) is 9.14. The van der Waals surface area contributed by atoms with Crippen LogP contribution in [-0.2, 0) is 4.74 Å². The third-order valence-electron chi connectivity index (χ3n) is 1.47. The van der Waals surface area contributed by atoms with Gasteiger partial charge in [0.1, 0.15) is 4.88 Å². The first-order valence-corrected chi connectivity index (χ1v) is 4.14. The van der Waals surface area contributed by atoms with E-state index in [0.717, 1.165) is 11.2 Å². The van der Waals surface area contributed by atoms with Crippen LogP contribution in [0, 0.1) is 6.92 Å². The van der Waals surface area contributed by atoms with Crippen molar-refractivity contribution in [2.45, 2.75) is 6.92 Å². The maximum atomic E-state index is 11.0. The lowest BCUT2D eigenvalue weighted by atomic mass is 10.3. The minimum atomic E-state index is -0.392. The summed E-state index contributed by atoms with van der Waals surface area (Å²) in [4.78, 5) is 22.7. The molecule has 64 valence electrons. The van der Waals surface area contributed by atoms with Crippen LogP contribution in [0.5, 0.6) is 0 Å². The van der Waals surface area contributed by atoms with Crippen molar-refractivity contribution < 1.29 is 14.3 Å². The maximum absolute atomic E-state index is 11.0. The van der Waals surface area contributed by atoms with Gasteiger partial charge in [0, 0.05) is 10.4 Å². The van der Waals surface area contributed by atoms with Gasteiger partial charge in [0.2, 0.25) is 0 Å². The summed E-state index contributed by atoms with van der Waals surface area (Å²) in [7, 11) is 1.32. The van der Waals surface area contributed by atoms with Gasteiger partial charge in [-0.05, 0) is 13.0 Å². The van der Waals surface area contributed by atoms with E-state index in [-0.39, 0.29) is 0 Å². The van der Waals surface area contributed by atoms with Crippen molar-refractivity contribution >= 4 is 23.6 Å². The van der Waals surface area contributed by atoms with Crippen molar-refractivity contribution in [1.82, 2.24) is 0 Å². The Labute approximate surface area is 74.0 Å². The second kappa shape index (κ2) is 3.49. The number of carbonyl (C=O) groups is 2. The van der Waals surface area contributed by atoms with Crippen LogP contribution in [0.15, 0.2) is 6.07 Å². The molecule has 0 aliphatic carbocycles. The number of esters is 1. The lowest BCUT2D eigenvalue weighted by Crippen LogP contribution is -1.96. The second-order valence-electron chi connectivity index (χ2n) is 2.23. The first-order chi connectivity index (χ1) is 5.69. The minimum absolute atomic E-state index is 0.392. The van der Waals surface area contributed by atoms with Crippen molar-refractivity contribution in [2.24, 2.45) is 0 Å². The molecule has 0 aromatic carbocycles. The predicted molar refractivity (Wildman–Crippen MR) is 45.8 cm³/mol. The molecule has 0 spiro atoms. The fourth-order valence-electron chi connectivity index (χ4n) is 0.814. The Kier molecular flexibility index (Phi) is 2.60. The number of rotatable bonds is 2. The summed E-state index contributed by atoms with van der Waals surface area (Å²) >= 11 is 1.27. The molecule has 1 rings (SSSR count). The lowest BCUT2D eigenvalue weighted by Gasteiger charge is -1.90. The predicted octanol–water partition coefficient (Wildman–Crippen LogP) is 1.66. The smallest absolute Gasteiger partial charge is 0.348 e. The van der Waals surface area contributed by atoms with Crippen molar-refractivity contribution in [2.75, 3.05) is 7.11 Å². The Balaban J connectivity index is 3.04. The summed E-state index contributed by atoms with van der Waals surface area (Å²) < 4.78 is 4.50. The van der Waals surface area contributed by atoms with Gasteiger partial charge < -0.3 is 4.74 Å². The van der Waals surface area contributed by atoms with Gasteiger partial charge in [-0.3, -0.25) is 4.79 Å².